The van der Waals surface area contributed by atoms with Crippen molar-refractivity contribution in [1.29, 1.82) is 0 Å². The zero-order chi connectivity index (χ0) is 21.0. The van der Waals surface area contributed by atoms with Crippen LogP contribution in [0.15, 0.2) is 45.6 Å². The molecule has 0 spiro atoms. The van der Waals surface area contributed by atoms with E-state index < -0.39 is 12.0 Å². The van der Waals surface area contributed by atoms with E-state index in [2.05, 4.69) is 20.1 Å². The first-order chi connectivity index (χ1) is 14.0. The molecule has 1 aromatic heterocycles. The first-order valence-corrected chi connectivity index (χ1v) is 11.1. The molecule has 0 fully saturated rings. The lowest BCUT2D eigenvalue weighted by molar-refractivity contribution is -0.139. The Bertz CT molecular complexity index is 940. The summed E-state index contributed by atoms with van der Waals surface area (Å²) in [6.07, 6.45) is 2.01. The zero-order valence-electron chi connectivity index (χ0n) is 16.6. The SMILES string of the molecule is CCOC(=O)C1=C(C)Nc2nc(SCC(=O)OC)nn2[C@@H]1c1ccc(SC)cc1. The van der Waals surface area contributed by atoms with Gasteiger partial charge < -0.3 is 14.8 Å². The number of anilines is 1. The first-order valence-electron chi connectivity index (χ1n) is 8.93. The number of carbonyl (C=O) groups is 2. The Morgan fingerprint density at radius 3 is 2.62 bits per heavy atom. The van der Waals surface area contributed by atoms with Gasteiger partial charge in [-0.05, 0) is 37.8 Å². The highest BCUT2D eigenvalue weighted by atomic mass is 32.2. The Balaban J connectivity index is 2.02. The van der Waals surface area contributed by atoms with Crippen molar-refractivity contribution in [2.45, 2.75) is 29.9 Å². The number of esters is 2. The van der Waals surface area contributed by atoms with E-state index in [0.29, 0.717) is 22.4 Å². The molecule has 2 aromatic rings. The normalized spacial score (nSPS) is 15.5. The Kier molecular flexibility index (Phi) is 6.86. The molecular weight excluding hydrogens is 412 g/mol. The van der Waals surface area contributed by atoms with Crippen molar-refractivity contribution in [3.8, 4) is 0 Å². The number of ether oxygens (including phenoxy) is 2. The van der Waals surface area contributed by atoms with Crippen molar-refractivity contribution in [2.75, 3.05) is 31.0 Å². The Hall–Kier alpha value is -2.46. The molecule has 0 radical (unpaired) electrons. The molecule has 0 saturated carbocycles. The highest BCUT2D eigenvalue weighted by Crippen LogP contribution is 2.37. The van der Waals surface area contributed by atoms with Gasteiger partial charge in [0.15, 0.2) is 0 Å². The highest BCUT2D eigenvalue weighted by molar-refractivity contribution is 7.99. The second kappa shape index (κ2) is 9.36. The van der Waals surface area contributed by atoms with Crippen molar-refractivity contribution in [1.82, 2.24) is 14.8 Å². The summed E-state index contributed by atoms with van der Waals surface area (Å²) in [6, 6.07) is 7.47. The molecule has 0 aliphatic carbocycles. The summed E-state index contributed by atoms with van der Waals surface area (Å²) in [4.78, 5) is 29.8. The van der Waals surface area contributed by atoms with Crippen LogP contribution in [-0.4, -0.2) is 52.4 Å². The van der Waals surface area contributed by atoms with E-state index in [1.807, 2.05) is 37.4 Å². The average molecular weight is 435 g/mol. The van der Waals surface area contributed by atoms with Crippen molar-refractivity contribution in [3.05, 3.63) is 41.1 Å². The summed E-state index contributed by atoms with van der Waals surface area (Å²) in [5.41, 5.74) is 2.03. The molecular formula is C19H22N4O4S2. The predicted octanol–water partition coefficient (Wildman–Crippen LogP) is 3.12. The molecule has 0 unspecified atom stereocenters. The molecule has 1 atom stereocenters. The van der Waals surface area contributed by atoms with Crippen LogP contribution in [0.5, 0.6) is 0 Å². The number of benzene rings is 1. The van der Waals surface area contributed by atoms with Gasteiger partial charge in [-0.2, -0.15) is 4.98 Å². The number of hydrogen-bond acceptors (Lipinski definition) is 9. The number of aromatic nitrogens is 3. The van der Waals surface area contributed by atoms with Crippen LogP contribution in [0, 0.1) is 0 Å². The number of carbonyl (C=O) groups excluding carboxylic acids is 2. The third-order valence-electron chi connectivity index (χ3n) is 4.31. The lowest BCUT2D eigenvalue weighted by Crippen LogP contribution is -2.29. The van der Waals surface area contributed by atoms with E-state index in [1.165, 1.54) is 18.9 Å². The largest absolute Gasteiger partial charge is 0.468 e. The molecule has 0 saturated heterocycles. The Labute approximate surface area is 177 Å². The van der Waals surface area contributed by atoms with Crippen LogP contribution in [0.4, 0.5) is 5.95 Å². The molecule has 1 aliphatic rings. The lowest BCUT2D eigenvalue weighted by atomic mass is 9.96. The molecule has 3 rings (SSSR count). The number of thioether (sulfide) groups is 2. The minimum Gasteiger partial charge on any atom is -0.468 e. The summed E-state index contributed by atoms with van der Waals surface area (Å²) in [5.74, 6) is -0.158. The molecule has 0 amide bonds. The fourth-order valence-corrected chi connectivity index (χ4v) is 4.01. The molecule has 29 heavy (non-hydrogen) atoms. The van der Waals surface area contributed by atoms with Gasteiger partial charge >= 0.3 is 11.9 Å². The minimum atomic E-state index is -0.485. The third kappa shape index (κ3) is 4.59. The number of methoxy groups -OCH3 is 1. The number of fused-ring (bicyclic) bond motifs is 1. The molecule has 2 heterocycles. The topological polar surface area (TPSA) is 95.3 Å². The number of hydrogen-bond donors (Lipinski definition) is 1. The van der Waals surface area contributed by atoms with Crippen LogP contribution in [0.1, 0.15) is 25.5 Å². The first kappa shape index (κ1) is 21.3. The number of nitrogens with zero attached hydrogens (tertiary/aromatic N) is 3. The minimum absolute atomic E-state index is 0.101. The Morgan fingerprint density at radius 2 is 2.00 bits per heavy atom. The van der Waals surface area contributed by atoms with E-state index in [9.17, 15) is 9.59 Å². The number of allylic oxidation sites excluding steroid dienone is 1. The molecule has 10 heteroatoms. The third-order valence-corrected chi connectivity index (χ3v) is 5.86. The summed E-state index contributed by atoms with van der Waals surface area (Å²) in [6.45, 7) is 3.86. The van der Waals surface area contributed by atoms with Gasteiger partial charge in [0.2, 0.25) is 11.1 Å². The summed E-state index contributed by atoms with van der Waals surface area (Å²) >= 11 is 2.82. The smallest absolute Gasteiger partial charge is 0.338 e. The van der Waals surface area contributed by atoms with Gasteiger partial charge in [0.25, 0.3) is 0 Å². The monoisotopic (exact) mass is 434 g/mol. The van der Waals surface area contributed by atoms with Gasteiger partial charge in [-0.3, -0.25) is 4.79 Å². The second-order valence-electron chi connectivity index (χ2n) is 6.09. The van der Waals surface area contributed by atoms with Crippen molar-refractivity contribution < 1.29 is 19.1 Å². The van der Waals surface area contributed by atoms with Gasteiger partial charge in [0.05, 0.1) is 25.0 Å². The second-order valence-corrected chi connectivity index (χ2v) is 7.91. The molecule has 1 N–H and O–H groups in total. The van der Waals surface area contributed by atoms with E-state index in [1.54, 1.807) is 23.4 Å². The van der Waals surface area contributed by atoms with Gasteiger partial charge in [0, 0.05) is 10.6 Å². The van der Waals surface area contributed by atoms with E-state index in [-0.39, 0.29) is 18.3 Å². The summed E-state index contributed by atoms with van der Waals surface area (Å²) in [5, 5.41) is 8.08. The molecule has 8 nitrogen and oxygen atoms in total. The molecule has 154 valence electrons. The van der Waals surface area contributed by atoms with Gasteiger partial charge in [0.1, 0.15) is 6.04 Å². The van der Waals surface area contributed by atoms with Crippen molar-refractivity contribution >= 4 is 41.4 Å². The summed E-state index contributed by atoms with van der Waals surface area (Å²) in [7, 11) is 1.34. The molecule has 1 aromatic carbocycles. The van der Waals surface area contributed by atoms with Gasteiger partial charge in [-0.25, -0.2) is 9.48 Å². The highest BCUT2D eigenvalue weighted by Gasteiger charge is 2.35. The predicted molar refractivity (Wildman–Crippen MR) is 112 cm³/mol. The summed E-state index contributed by atoms with van der Waals surface area (Å²) < 4.78 is 11.6. The molecule has 0 bridgehead atoms. The standard InChI is InChI=1S/C19H22N4O4S2/c1-5-27-17(25)15-11(2)20-18-21-19(29-10-14(24)26-3)22-23(18)16(15)12-6-8-13(28-4)9-7-12/h6-9,16H,5,10H2,1-4H3,(H,20,21,22)/t16-/m1/s1. The average Bonchev–Trinajstić information content (AvgIpc) is 3.13. The maximum Gasteiger partial charge on any atom is 0.338 e. The van der Waals surface area contributed by atoms with Crippen molar-refractivity contribution in [2.24, 2.45) is 0 Å². The van der Waals surface area contributed by atoms with Crippen LogP contribution in [0.3, 0.4) is 0 Å². The van der Waals surface area contributed by atoms with Gasteiger partial charge in [-0.1, -0.05) is 23.9 Å². The van der Waals surface area contributed by atoms with Crippen LogP contribution in [0.2, 0.25) is 0 Å². The van der Waals surface area contributed by atoms with Crippen LogP contribution in [0.25, 0.3) is 0 Å². The quantitative estimate of drug-likeness (QED) is 0.521. The molecule has 1 aliphatic heterocycles. The zero-order valence-corrected chi connectivity index (χ0v) is 18.2. The van der Waals surface area contributed by atoms with Crippen LogP contribution < -0.4 is 5.32 Å². The van der Waals surface area contributed by atoms with Crippen molar-refractivity contribution in [3.63, 3.8) is 0 Å². The lowest BCUT2D eigenvalue weighted by Gasteiger charge is -2.28. The van der Waals surface area contributed by atoms with E-state index >= 15 is 0 Å². The number of rotatable bonds is 7. The van der Waals surface area contributed by atoms with E-state index in [4.69, 9.17) is 4.74 Å². The number of nitrogens with one attached hydrogen (secondary N) is 1. The van der Waals surface area contributed by atoms with Crippen LogP contribution >= 0.6 is 23.5 Å². The van der Waals surface area contributed by atoms with Gasteiger partial charge in [-0.15, -0.1) is 16.9 Å². The Morgan fingerprint density at radius 1 is 1.28 bits per heavy atom. The fraction of sp³-hybridized carbons (Fsp3) is 0.368. The maximum absolute atomic E-state index is 12.7. The fourth-order valence-electron chi connectivity index (χ4n) is 2.94. The van der Waals surface area contributed by atoms with Crippen LogP contribution in [-0.2, 0) is 19.1 Å². The maximum atomic E-state index is 12.7. The van der Waals surface area contributed by atoms with E-state index in [0.717, 1.165) is 10.5 Å².